The quantitative estimate of drug-likeness (QED) is 0.497. The molecule has 1 aliphatic rings. The number of thioether (sulfide) groups is 1. The van der Waals surface area contributed by atoms with Crippen molar-refractivity contribution in [2.45, 2.75) is 30.6 Å². The number of rotatable bonds is 5. The van der Waals surface area contributed by atoms with Gasteiger partial charge in [-0.25, -0.2) is 0 Å². The van der Waals surface area contributed by atoms with Crippen molar-refractivity contribution in [2.24, 2.45) is 5.10 Å². The van der Waals surface area contributed by atoms with Gasteiger partial charge in [-0.1, -0.05) is 41.6 Å². The fraction of sp³-hybridized carbons (Fsp3) is 0.462. The summed E-state index contributed by atoms with van der Waals surface area (Å²) < 4.78 is 0. The monoisotopic (exact) mass is 298 g/mol. The summed E-state index contributed by atoms with van der Waals surface area (Å²) in [5.74, 6) is 0. The van der Waals surface area contributed by atoms with Crippen LogP contribution in [0, 0.1) is 6.92 Å². The number of aryl methyl sites for hydroxylation is 1. The van der Waals surface area contributed by atoms with Gasteiger partial charge in [0.25, 0.3) is 0 Å². The number of aliphatic hydroxyl groups is 4. The van der Waals surface area contributed by atoms with E-state index in [2.05, 4.69) is 10.5 Å². The van der Waals surface area contributed by atoms with Gasteiger partial charge in [0.15, 0.2) is 0 Å². The van der Waals surface area contributed by atoms with E-state index < -0.39 is 30.3 Å². The summed E-state index contributed by atoms with van der Waals surface area (Å²) in [6.07, 6.45) is -4.05. The lowest BCUT2D eigenvalue weighted by Crippen LogP contribution is -2.47. The Morgan fingerprint density at radius 2 is 1.90 bits per heavy atom. The molecule has 4 atom stereocenters. The average molecular weight is 298 g/mol. The Hall–Kier alpha value is -1.12. The van der Waals surface area contributed by atoms with Crippen LogP contribution in [0.1, 0.15) is 11.1 Å². The van der Waals surface area contributed by atoms with E-state index in [-0.39, 0.29) is 0 Å². The van der Waals surface area contributed by atoms with Crippen molar-refractivity contribution in [1.82, 2.24) is 5.43 Å². The van der Waals surface area contributed by atoms with Crippen molar-refractivity contribution >= 4 is 16.8 Å². The Bertz CT molecular complexity index is 480. The number of hydrazone groups is 1. The van der Waals surface area contributed by atoms with Crippen LogP contribution in [0.4, 0.5) is 0 Å². The number of benzene rings is 1. The fourth-order valence-electron chi connectivity index (χ4n) is 1.78. The van der Waals surface area contributed by atoms with Gasteiger partial charge in [0, 0.05) is 5.56 Å². The van der Waals surface area contributed by atoms with Crippen LogP contribution >= 0.6 is 11.8 Å². The summed E-state index contributed by atoms with van der Waals surface area (Å²) in [6.45, 7) is 1.38. The van der Waals surface area contributed by atoms with E-state index in [1.54, 1.807) is 0 Å². The van der Waals surface area contributed by atoms with E-state index in [0.717, 1.165) is 11.1 Å². The van der Waals surface area contributed by atoms with Crippen molar-refractivity contribution in [3.05, 3.63) is 35.4 Å². The SMILES string of the molecule is Cc1ccc(C2=NN[C@H]([C@H](O)[C@@H](O)[C@@H](O)CO)S2)cc1. The van der Waals surface area contributed by atoms with E-state index in [0.29, 0.717) is 5.04 Å². The maximum absolute atomic E-state index is 9.95. The molecule has 110 valence electrons. The average Bonchev–Trinajstić information content (AvgIpc) is 2.95. The molecule has 1 aromatic rings. The van der Waals surface area contributed by atoms with Gasteiger partial charge in [-0.15, -0.1) is 0 Å². The third-order valence-corrected chi connectivity index (χ3v) is 4.26. The molecule has 7 heteroatoms. The second kappa shape index (κ2) is 6.55. The Morgan fingerprint density at radius 3 is 2.50 bits per heavy atom. The minimum absolute atomic E-state index is 0.567. The molecule has 0 fully saturated rings. The molecule has 0 aromatic heterocycles. The maximum atomic E-state index is 9.95. The van der Waals surface area contributed by atoms with Crippen LogP contribution in [0.15, 0.2) is 29.4 Å². The molecule has 0 aliphatic carbocycles. The Morgan fingerprint density at radius 1 is 1.25 bits per heavy atom. The number of aliphatic hydroxyl groups excluding tert-OH is 4. The summed E-state index contributed by atoms with van der Waals surface area (Å²) >= 11 is 1.27. The minimum Gasteiger partial charge on any atom is -0.394 e. The van der Waals surface area contributed by atoms with Crippen LogP contribution in [0.5, 0.6) is 0 Å². The highest BCUT2D eigenvalue weighted by Crippen LogP contribution is 2.26. The zero-order valence-electron chi connectivity index (χ0n) is 11.0. The van der Waals surface area contributed by atoms with Crippen molar-refractivity contribution in [3.8, 4) is 0 Å². The second-order valence-corrected chi connectivity index (χ2v) is 5.81. The lowest BCUT2D eigenvalue weighted by atomic mass is 10.1. The van der Waals surface area contributed by atoms with Crippen LogP contribution in [0.2, 0.25) is 0 Å². The van der Waals surface area contributed by atoms with E-state index in [1.165, 1.54) is 11.8 Å². The molecule has 1 aliphatic heterocycles. The first-order chi connectivity index (χ1) is 9.52. The maximum Gasteiger partial charge on any atom is 0.125 e. The third-order valence-electron chi connectivity index (χ3n) is 3.07. The molecule has 0 radical (unpaired) electrons. The third kappa shape index (κ3) is 3.31. The zero-order chi connectivity index (χ0) is 14.7. The summed E-state index contributed by atoms with van der Waals surface area (Å²) in [5, 5.41) is 42.0. The standard InChI is InChI=1S/C13H18N2O4S/c1-7-2-4-8(5-3-7)12-14-15-13(20-12)11(19)10(18)9(17)6-16/h2-5,9-11,13,15-19H,6H2,1H3/t9-,10-,11+,13-/m0/s1. The zero-order valence-corrected chi connectivity index (χ0v) is 11.8. The van der Waals surface area contributed by atoms with Crippen molar-refractivity contribution < 1.29 is 20.4 Å². The minimum atomic E-state index is -1.43. The summed E-state index contributed by atoms with van der Waals surface area (Å²) in [4.78, 5) is 0. The normalized spacial score (nSPS) is 22.9. The van der Waals surface area contributed by atoms with Crippen LogP contribution in [0.3, 0.4) is 0 Å². The number of nitrogens with one attached hydrogen (secondary N) is 1. The number of nitrogens with zero attached hydrogens (tertiary/aromatic N) is 1. The molecular formula is C13H18N2O4S. The molecule has 0 bridgehead atoms. The molecule has 5 N–H and O–H groups in total. The topological polar surface area (TPSA) is 105 Å². The molecule has 0 spiro atoms. The largest absolute Gasteiger partial charge is 0.394 e. The molecule has 20 heavy (non-hydrogen) atoms. The van der Waals surface area contributed by atoms with Crippen molar-refractivity contribution in [1.29, 1.82) is 0 Å². The van der Waals surface area contributed by atoms with E-state index in [9.17, 15) is 15.3 Å². The van der Waals surface area contributed by atoms with Gasteiger partial charge >= 0.3 is 0 Å². The van der Waals surface area contributed by atoms with E-state index in [1.807, 2.05) is 31.2 Å². The molecule has 0 amide bonds. The van der Waals surface area contributed by atoms with Gasteiger partial charge in [-0.05, 0) is 6.92 Å². The molecular weight excluding hydrogens is 280 g/mol. The first-order valence-electron chi connectivity index (χ1n) is 6.25. The van der Waals surface area contributed by atoms with Gasteiger partial charge in [0.2, 0.25) is 0 Å². The molecule has 2 rings (SSSR count). The van der Waals surface area contributed by atoms with E-state index >= 15 is 0 Å². The van der Waals surface area contributed by atoms with Gasteiger partial charge in [-0.3, -0.25) is 5.43 Å². The first-order valence-corrected chi connectivity index (χ1v) is 7.13. The van der Waals surface area contributed by atoms with Crippen LogP contribution in [0.25, 0.3) is 0 Å². The van der Waals surface area contributed by atoms with Crippen molar-refractivity contribution in [3.63, 3.8) is 0 Å². The summed E-state index contributed by atoms with van der Waals surface area (Å²) in [7, 11) is 0. The molecule has 6 nitrogen and oxygen atoms in total. The Kier molecular flexibility index (Phi) is 5.00. The van der Waals surface area contributed by atoms with Crippen LogP contribution < -0.4 is 5.43 Å². The predicted molar refractivity (Wildman–Crippen MR) is 77.3 cm³/mol. The molecule has 1 aromatic carbocycles. The highest BCUT2D eigenvalue weighted by molar-refractivity contribution is 8.15. The fourth-order valence-corrected chi connectivity index (χ4v) is 2.81. The lowest BCUT2D eigenvalue weighted by molar-refractivity contribution is -0.0779. The van der Waals surface area contributed by atoms with Gasteiger partial charge in [0.1, 0.15) is 28.7 Å². The molecule has 1 heterocycles. The van der Waals surface area contributed by atoms with Crippen molar-refractivity contribution in [2.75, 3.05) is 6.61 Å². The van der Waals surface area contributed by atoms with Gasteiger partial charge < -0.3 is 20.4 Å². The second-order valence-electron chi connectivity index (χ2n) is 4.68. The highest BCUT2D eigenvalue weighted by atomic mass is 32.2. The van der Waals surface area contributed by atoms with Crippen LogP contribution in [-0.2, 0) is 0 Å². The molecule has 0 saturated carbocycles. The lowest BCUT2D eigenvalue weighted by Gasteiger charge is -2.25. The number of hydrogen-bond acceptors (Lipinski definition) is 7. The van der Waals surface area contributed by atoms with Crippen LogP contribution in [-0.4, -0.2) is 55.8 Å². The Labute approximate surface area is 121 Å². The highest BCUT2D eigenvalue weighted by Gasteiger charge is 2.35. The van der Waals surface area contributed by atoms with E-state index in [4.69, 9.17) is 5.11 Å². The molecule has 0 saturated heterocycles. The Balaban J connectivity index is 1.99. The summed E-state index contributed by atoms with van der Waals surface area (Å²) in [5.41, 5.74) is 4.79. The van der Waals surface area contributed by atoms with Gasteiger partial charge in [0.05, 0.1) is 6.61 Å². The predicted octanol–water partition coefficient (Wildman–Crippen LogP) is -0.606. The molecule has 0 unspecified atom stereocenters. The van der Waals surface area contributed by atoms with Gasteiger partial charge in [-0.2, -0.15) is 5.10 Å². The first kappa shape index (κ1) is 15.3. The number of hydrogen-bond donors (Lipinski definition) is 5. The summed E-state index contributed by atoms with van der Waals surface area (Å²) in [6, 6.07) is 7.78. The smallest absolute Gasteiger partial charge is 0.125 e.